The van der Waals surface area contributed by atoms with E-state index in [2.05, 4.69) is 0 Å². The fourth-order valence-corrected chi connectivity index (χ4v) is 0.714. The monoisotopic (exact) mass is 159 g/mol. The van der Waals surface area contributed by atoms with Gasteiger partial charge in [-0.25, -0.2) is 0 Å². The first kappa shape index (κ1) is 6.20. The fraction of sp³-hybridized carbons (Fsp3) is 0.250. The van der Waals surface area contributed by atoms with Crippen LogP contribution >= 0.6 is 12.4 Å². The van der Waals surface area contributed by atoms with E-state index in [1.54, 1.807) is 0 Å². The summed E-state index contributed by atoms with van der Waals surface area (Å²) in [5.41, 5.74) is 6.13. The summed E-state index contributed by atoms with van der Waals surface area (Å²) in [6, 6.07) is 9.38. The third-order valence-electron chi connectivity index (χ3n) is 1.15. The minimum absolute atomic E-state index is 0. The molecule has 0 unspecified atom stereocenters. The summed E-state index contributed by atoms with van der Waals surface area (Å²) in [5.74, 6) is 0. The average molecular weight is 160 g/mol. The molecular formula is C8H12ClN. The number of nitrogens with two attached hydrogens (primary N) is 1. The Hall–Kier alpha value is -0.530. The van der Waals surface area contributed by atoms with Gasteiger partial charge in [0.15, 0.2) is 0 Å². The van der Waals surface area contributed by atoms with Crippen molar-refractivity contribution in [3.05, 3.63) is 35.9 Å². The highest BCUT2D eigenvalue weighted by molar-refractivity contribution is 5.85. The van der Waals surface area contributed by atoms with Crippen LogP contribution in [0.5, 0.6) is 0 Å². The van der Waals surface area contributed by atoms with Gasteiger partial charge in [0, 0.05) is 2.74 Å². The largest absolute Gasteiger partial charge is 0.330 e. The van der Waals surface area contributed by atoms with E-state index in [-0.39, 0.29) is 18.8 Å². The van der Waals surface area contributed by atoms with Crippen LogP contribution < -0.4 is 5.73 Å². The van der Waals surface area contributed by atoms with Gasteiger partial charge in [-0.2, -0.15) is 0 Å². The molecule has 0 aromatic heterocycles. The maximum Gasteiger partial charge on any atom is 0.0429 e. The second-order valence-corrected chi connectivity index (χ2v) is 1.87. The Morgan fingerprint density at radius 3 is 2.40 bits per heavy atom. The quantitative estimate of drug-likeness (QED) is 0.697. The molecule has 1 aromatic carbocycles. The van der Waals surface area contributed by atoms with Crippen LogP contribution in [-0.4, -0.2) is 6.50 Å². The summed E-state index contributed by atoms with van der Waals surface area (Å²) >= 11 is 0. The molecule has 1 aromatic rings. The first-order valence-corrected chi connectivity index (χ1v) is 2.91. The van der Waals surface area contributed by atoms with Crippen LogP contribution in [0, 0.1) is 0 Å². The molecule has 0 aliphatic rings. The van der Waals surface area contributed by atoms with Crippen molar-refractivity contribution in [2.75, 3.05) is 6.50 Å². The van der Waals surface area contributed by atoms with Gasteiger partial charge in [-0.1, -0.05) is 30.3 Å². The fourth-order valence-electron chi connectivity index (χ4n) is 0.714. The molecule has 56 valence electrons. The standard InChI is InChI=1S/C8H11N.ClH/c9-7-6-8-4-2-1-3-5-8;/h1-5H,6-7,9H2;1H/i7D2;. The van der Waals surface area contributed by atoms with Gasteiger partial charge in [-0.05, 0) is 18.5 Å². The zero-order valence-corrected chi connectivity index (χ0v) is 6.40. The summed E-state index contributed by atoms with van der Waals surface area (Å²) in [6.07, 6.45) is 0.272. The number of rotatable bonds is 2. The van der Waals surface area contributed by atoms with Gasteiger partial charge in [0.1, 0.15) is 0 Å². The first-order valence-electron chi connectivity index (χ1n) is 3.91. The molecule has 2 heteroatoms. The zero-order valence-electron chi connectivity index (χ0n) is 7.58. The number of benzene rings is 1. The SMILES string of the molecule is Cl.[2H]C([2H])(N)Cc1ccccc1. The third-order valence-corrected chi connectivity index (χ3v) is 1.15. The maximum atomic E-state index is 7.11. The van der Waals surface area contributed by atoms with Gasteiger partial charge < -0.3 is 5.73 Å². The molecule has 0 heterocycles. The van der Waals surface area contributed by atoms with E-state index in [4.69, 9.17) is 8.48 Å². The van der Waals surface area contributed by atoms with E-state index in [0.717, 1.165) is 5.56 Å². The van der Waals surface area contributed by atoms with Crippen LogP contribution in [0.4, 0.5) is 0 Å². The summed E-state index contributed by atoms with van der Waals surface area (Å²) in [5, 5.41) is 0. The van der Waals surface area contributed by atoms with E-state index in [1.807, 2.05) is 30.3 Å². The number of aryl methyl sites for hydroxylation is 1. The van der Waals surface area contributed by atoms with Crippen LogP contribution in [0.2, 0.25) is 0 Å². The lowest BCUT2D eigenvalue weighted by Crippen LogP contribution is -2.01. The lowest BCUT2D eigenvalue weighted by Gasteiger charge is -1.93. The predicted molar refractivity (Wildman–Crippen MR) is 46.4 cm³/mol. The van der Waals surface area contributed by atoms with Crippen LogP contribution in [0.3, 0.4) is 0 Å². The first-order chi connectivity index (χ1) is 5.08. The minimum atomic E-state index is -1.60. The Labute approximate surface area is 70.5 Å². The van der Waals surface area contributed by atoms with Gasteiger partial charge in [-0.15, -0.1) is 12.4 Å². The van der Waals surface area contributed by atoms with Crippen molar-refractivity contribution < 1.29 is 2.74 Å². The van der Waals surface area contributed by atoms with Gasteiger partial charge in [0.25, 0.3) is 0 Å². The Morgan fingerprint density at radius 2 is 1.90 bits per heavy atom. The summed E-state index contributed by atoms with van der Waals surface area (Å²) in [4.78, 5) is 0. The number of hydrogen-bond donors (Lipinski definition) is 1. The van der Waals surface area contributed by atoms with E-state index < -0.39 is 6.50 Å². The molecule has 0 aliphatic carbocycles. The van der Waals surface area contributed by atoms with E-state index in [9.17, 15) is 0 Å². The molecule has 1 rings (SSSR count). The number of hydrogen-bond acceptors (Lipinski definition) is 1. The van der Waals surface area contributed by atoms with Crippen molar-refractivity contribution in [3.63, 3.8) is 0 Å². The van der Waals surface area contributed by atoms with Crippen LogP contribution in [0.15, 0.2) is 30.3 Å². The molecule has 0 saturated heterocycles. The molecular weight excluding hydrogens is 146 g/mol. The summed E-state index contributed by atoms with van der Waals surface area (Å²) in [6.45, 7) is -1.60. The van der Waals surface area contributed by atoms with Crippen molar-refractivity contribution >= 4 is 12.4 Å². The highest BCUT2D eigenvalue weighted by Gasteiger charge is 1.84. The Balaban J connectivity index is 0.00000121. The third kappa shape index (κ3) is 2.85. The second-order valence-electron chi connectivity index (χ2n) is 1.87. The van der Waals surface area contributed by atoms with Gasteiger partial charge >= 0.3 is 0 Å². The number of halogens is 1. The molecule has 2 N–H and O–H groups in total. The van der Waals surface area contributed by atoms with E-state index in [0.29, 0.717) is 0 Å². The lowest BCUT2D eigenvalue weighted by atomic mass is 10.2. The van der Waals surface area contributed by atoms with E-state index in [1.165, 1.54) is 0 Å². The highest BCUT2D eigenvalue weighted by atomic mass is 35.5. The van der Waals surface area contributed by atoms with Crippen molar-refractivity contribution in [1.82, 2.24) is 0 Å². The Kier molecular flexibility index (Phi) is 3.27. The molecule has 0 spiro atoms. The molecule has 1 nitrogen and oxygen atoms in total. The van der Waals surface area contributed by atoms with Crippen LogP contribution in [0.25, 0.3) is 0 Å². The Bertz CT molecular complexity index is 220. The minimum Gasteiger partial charge on any atom is -0.330 e. The van der Waals surface area contributed by atoms with Crippen molar-refractivity contribution in [2.45, 2.75) is 6.42 Å². The summed E-state index contributed by atoms with van der Waals surface area (Å²) < 4.78 is 14.2. The molecule has 0 fully saturated rings. The van der Waals surface area contributed by atoms with Crippen LogP contribution in [0.1, 0.15) is 8.30 Å². The zero-order chi connectivity index (χ0) is 8.32. The molecule has 0 amide bonds. The average Bonchev–Trinajstić information content (AvgIpc) is 1.85. The van der Waals surface area contributed by atoms with E-state index >= 15 is 0 Å². The van der Waals surface area contributed by atoms with Crippen molar-refractivity contribution in [1.29, 1.82) is 0 Å². The topological polar surface area (TPSA) is 26.0 Å². The normalized spacial score (nSPS) is 12.9. The van der Waals surface area contributed by atoms with Gasteiger partial charge in [-0.3, -0.25) is 0 Å². The molecule has 0 atom stereocenters. The van der Waals surface area contributed by atoms with Crippen molar-refractivity contribution in [3.8, 4) is 0 Å². The van der Waals surface area contributed by atoms with Gasteiger partial charge in [0.2, 0.25) is 0 Å². The maximum absolute atomic E-state index is 7.11. The molecule has 0 saturated carbocycles. The molecule has 0 radical (unpaired) electrons. The Morgan fingerprint density at radius 1 is 1.30 bits per heavy atom. The second kappa shape index (κ2) is 5.27. The molecule has 10 heavy (non-hydrogen) atoms. The smallest absolute Gasteiger partial charge is 0.0429 e. The molecule has 0 bridgehead atoms. The summed E-state index contributed by atoms with van der Waals surface area (Å²) in [7, 11) is 0. The lowest BCUT2D eigenvalue weighted by molar-refractivity contribution is 0.969. The predicted octanol–water partition coefficient (Wildman–Crippen LogP) is 1.61. The van der Waals surface area contributed by atoms with Crippen molar-refractivity contribution in [2.24, 2.45) is 5.73 Å². The molecule has 0 aliphatic heterocycles. The van der Waals surface area contributed by atoms with Gasteiger partial charge in [0.05, 0.1) is 0 Å². The highest BCUT2D eigenvalue weighted by Crippen LogP contribution is 1.96. The van der Waals surface area contributed by atoms with Crippen LogP contribution in [-0.2, 0) is 6.42 Å².